The van der Waals surface area contributed by atoms with Crippen LogP contribution in [0.25, 0.3) is 0 Å². The Bertz CT molecular complexity index is 485. The van der Waals surface area contributed by atoms with E-state index < -0.39 is 0 Å². The van der Waals surface area contributed by atoms with Gasteiger partial charge in [0.25, 0.3) is 0 Å². The summed E-state index contributed by atoms with van der Waals surface area (Å²) < 4.78 is 0. The largest absolute Gasteiger partial charge is 0.314 e. The molecule has 5 nitrogen and oxygen atoms in total. The van der Waals surface area contributed by atoms with Crippen molar-refractivity contribution in [3.05, 3.63) is 29.8 Å². The highest BCUT2D eigenvalue weighted by Crippen LogP contribution is 2.26. The molecule has 1 aromatic carbocycles. The third kappa shape index (κ3) is 2.64. The van der Waals surface area contributed by atoms with E-state index in [-0.39, 0.29) is 5.91 Å². The van der Waals surface area contributed by atoms with E-state index in [0.29, 0.717) is 6.42 Å². The lowest BCUT2D eigenvalue weighted by atomic mass is 10.1. The van der Waals surface area contributed by atoms with Gasteiger partial charge in [-0.05, 0) is 11.6 Å². The number of hydrogen-bond donors (Lipinski definition) is 1. The Labute approximate surface area is 120 Å². The first-order valence-electron chi connectivity index (χ1n) is 7.31. The fourth-order valence-corrected chi connectivity index (χ4v) is 2.94. The number of hydrazine groups is 1. The summed E-state index contributed by atoms with van der Waals surface area (Å²) in [5.41, 5.74) is 2.47. The molecule has 0 spiro atoms. The minimum absolute atomic E-state index is 0.196. The predicted molar refractivity (Wildman–Crippen MR) is 79.3 cm³/mol. The van der Waals surface area contributed by atoms with Crippen molar-refractivity contribution in [3.63, 3.8) is 0 Å². The smallest absolute Gasteiger partial charge is 0.242 e. The van der Waals surface area contributed by atoms with Crippen LogP contribution < -0.4 is 10.3 Å². The Morgan fingerprint density at radius 3 is 2.60 bits per heavy atom. The van der Waals surface area contributed by atoms with Crippen molar-refractivity contribution in [1.82, 2.24) is 15.2 Å². The number of anilines is 1. The number of para-hydroxylation sites is 1. The molecular weight excluding hydrogens is 252 g/mol. The molecule has 2 aliphatic rings. The molecule has 1 aromatic rings. The van der Waals surface area contributed by atoms with E-state index >= 15 is 0 Å². The first-order chi connectivity index (χ1) is 9.75. The topological polar surface area (TPSA) is 38.8 Å². The second-order valence-corrected chi connectivity index (χ2v) is 5.45. The van der Waals surface area contributed by atoms with Crippen molar-refractivity contribution < 1.29 is 4.79 Å². The number of benzene rings is 1. The molecule has 0 unspecified atom stereocenters. The van der Waals surface area contributed by atoms with Crippen LogP contribution in [0.5, 0.6) is 0 Å². The average Bonchev–Trinajstić information content (AvgIpc) is 2.81. The molecule has 2 heterocycles. The molecule has 0 atom stereocenters. The fraction of sp³-hybridized carbons (Fsp3) is 0.533. The van der Waals surface area contributed by atoms with Crippen LogP contribution in [0.3, 0.4) is 0 Å². The van der Waals surface area contributed by atoms with Crippen LogP contribution in [0.2, 0.25) is 0 Å². The lowest BCUT2D eigenvalue weighted by Gasteiger charge is -2.31. The van der Waals surface area contributed by atoms with Gasteiger partial charge in [-0.3, -0.25) is 19.7 Å². The molecule has 2 fully saturated rings. The Hall–Kier alpha value is -1.59. The zero-order valence-corrected chi connectivity index (χ0v) is 12.0. The molecule has 0 radical (unpaired) electrons. The van der Waals surface area contributed by atoms with Gasteiger partial charge >= 0.3 is 0 Å². The van der Waals surface area contributed by atoms with E-state index in [0.717, 1.165) is 39.3 Å². The van der Waals surface area contributed by atoms with Crippen LogP contribution in [-0.4, -0.2) is 55.6 Å². The molecule has 1 N–H and O–H groups in total. The fourth-order valence-electron chi connectivity index (χ4n) is 2.94. The minimum Gasteiger partial charge on any atom is -0.314 e. The molecule has 108 valence electrons. The molecule has 3 rings (SSSR count). The highest BCUT2D eigenvalue weighted by molar-refractivity contribution is 5.81. The summed E-state index contributed by atoms with van der Waals surface area (Å²) >= 11 is 0. The summed E-state index contributed by atoms with van der Waals surface area (Å²) in [6, 6.07) is 8.42. The van der Waals surface area contributed by atoms with Crippen molar-refractivity contribution >= 4 is 11.6 Å². The second kappa shape index (κ2) is 5.81. The Morgan fingerprint density at radius 2 is 1.90 bits per heavy atom. The van der Waals surface area contributed by atoms with Gasteiger partial charge in [0.15, 0.2) is 0 Å². The molecule has 2 saturated heterocycles. The van der Waals surface area contributed by atoms with Crippen LogP contribution in [0.1, 0.15) is 12.0 Å². The van der Waals surface area contributed by atoms with E-state index in [9.17, 15) is 4.79 Å². The van der Waals surface area contributed by atoms with Gasteiger partial charge in [0.1, 0.15) is 0 Å². The van der Waals surface area contributed by atoms with Gasteiger partial charge in [0.2, 0.25) is 5.91 Å². The number of carbonyl (C=O) groups is 1. The molecule has 5 heteroatoms. The molecule has 0 saturated carbocycles. The van der Waals surface area contributed by atoms with Gasteiger partial charge < -0.3 is 5.32 Å². The summed E-state index contributed by atoms with van der Waals surface area (Å²) in [6.45, 7) is 6.03. The maximum absolute atomic E-state index is 11.7. The first-order valence-corrected chi connectivity index (χ1v) is 7.31. The summed E-state index contributed by atoms with van der Waals surface area (Å²) in [6.07, 6.45) is 0.610. The predicted octanol–water partition coefficient (Wildman–Crippen LogP) is 0.675. The van der Waals surface area contributed by atoms with Crippen LogP contribution in [-0.2, 0) is 11.3 Å². The zero-order chi connectivity index (χ0) is 13.9. The summed E-state index contributed by atoms with van der Waals surface area (Å²) in [7, 11) is 1.86. The lowest BCUT2D eigenvalue weighted by Crippen LogP contribution is -2.43. The standard InChI is InChI=1S/C15H22N4O/c1-17-15(20)6-9-19(17)14-5-3-2-4-13(14)12-18-10-7-16-8-11-18/h2-5,16H,6-12H2,1H3. The maximum atomic E-state index is 11.7. The first kappa shape index (κ1) is 13.4. The third-order valence-electron chi connectivity index (χ3n) is 4.13. The van der Waals surface area contributed by atoms with Crippen molar-refractivity contribution in [2.75, 3.05) is 44.8 Å². The maximum Gasteiger partial charge on any atom is 0.242 e. The van der Waals surface area contributed by atoms with E-state index in [4.69, 9.17) is 0 Å². The van der Waals surface area contributed by atoms with E-state index in [2.05, 4.69) is 33.4 Å². The van der Waals surface area contributed by atoms with E-state index in [1.807, 2.05) is 13.1 Å². The SMILES string of the molecule is CN1C(=O)CCN1c1ccccc1CN1CCNCC1. The monoisotopic (exact) mass is 274 g/mol. The van der Waals surface area contributed by atoms with Gasteiger partial charge in [-0.1, -0.05) is 18.2 Å². The zero-order valence-electron chi connectivity index (χ0n) is 12.0. The second-order valence-electron chi connectivity index (χ2n) is 5.45. The number of nitrogens with zero attached hydrogens (tertiary/aromatic N) is 3. The van der Waals surface area contributed by atoms with E-state index in [1.165, 1.54) is 11.3 Å². The summed E-state index contributed by atoms with van der Waals surface area (Å²) in [5, 5.41) is 7.22. The van der Waals surface area contributed by atoms with Gasteiger partial charge in [-0.25, -0.2) is 0 Å². The van der Waals surface area contributed by atoms with Crippen LogP contribution >= 0.6 is 0 Å². The van der Waals surface area contributed by atoms with Crippen molar-refractivity contribution in [2.24, 2.45) is 0 Å². The van der Waals surface area contributed by atoms with Crippen LogP contribution in [0.15, 0.2) is 24.3 Å². The van der Waals surface area contributed by atoms with Crippen LogP contribution in [0, 0.1) is 0 Å². The normalized spacial score (nSPS) is 20.8. The number of nitrogens with one attached hydrogen (secondary N) is 1. The molecule has 1 amide bonds. The third-order valence-corrected chi connectivity index (χ3v) is 4.13. The van der Waals surface area contributed by atoms with Gasteiger partial charge in [-0.15, -0.1) is 0 Å². The number of hydrogen-bond acceptors (Lipinski definition) is 4. The lowest BCUT2D eigenvalue weighted by molar-refractivity contribution is -0.126. The number of amides is 1. The molecule has 0 aromatic heterocycles. The molecular formula is C15H22N4O. The highest BCUT2D eigenvalue weighted by atomic mass is 16.2. The van der Waals surface area contributed by atoms with Crippen molar-refractivity contribution in [1.29, 1.82) is 0 Å². The highest BCUT2D eigenvalue weighted by Gasteiger charge is 2.27. The van der Waals surface area contributed by atoms with Crippen molar-refractivity contribution in [3.8, 4) is 0 Å². The van der Waals surface area contributed by atoms with Crippen LogP contribution in [0.4, 0.5) is 5.69 Å². The molecule has 2 aliphatic heterocycles. The Balaban J connectivity index is 1.79. The summed E-state index contributed by atoms with van der Waals surface area (Å²) in [5.74, 6) is 0.196. The molecule has 0 bridgehead atoms. The molecule has 0 aliphatic carbocycles. The van der Waals surface area contributed by atoms with Crippen molar-refractivity contribution in [2.45, 2.75) is 13.0 Å². The number of piperazine rings is 1. The average molecular weight is 274 g/mol. The number of rotatable bonds is 3. The number of carbonyl (C=O) groups excluding carboxylic acids is 1. The Morgan fingerprint density at radius 1 is 1.15 bits per heavy atom. The molecule has 20 heavy (non-hydrogen) atoms. The van der Waals surface area contributed by atoms with E-state index in [1.54, 1.807) is 5.01 Å². The quantitative estimate of drug-likeness (QED) is 0.879. The summed E-state index contributed by atoms with van der Waals surface area (Å²) in [4.78, 5) is 14.2. The minimum atomic E-state index is 0.196. The Kier molecular flexibility index (Phi) is 3.89. The van der Waals surface area contributed by atoms with Gasteiger partial charge in [-0.2, -0.15) is 0 Å². The van der Waals surface area contributed by atoms with Gasteiger partial charge in [0.05, 0.1) is 5.69 Å². The van der Waals surface area contributed by atoms with Gasteiger partial charge in [0, 0.05) is 52.7 Å².